The summed E-state index contributed by atoms with van der Waals surface area (Å²) in [5, 5.41) is 0. The Morgan fingerprint density at radius 3 is 3.38 bits per heavy atom. The molecule has 1 aliphatic rings. The Bertz CT molecular complexity index is 126. The van der Waals surface area contributed by atoms with Gasteiger partial charge in [-0.15, -0.1) is 0 Å². The van der Waals surface area contributed by atoms with E-state index in [0.717, 1.165) is 18.8 Å². The Morgan fingerprint density at radius 2 is 2.50 bits per heavy atom. The van der Waals surface area contributed by atoms with Gasteiger partial charge in [-0.1, -0.05) is 0 Å². The Labute approximate surface area is 48.3 Å². The number of nitrogens with two attached hydrogens (primary N) is 1. The molecule has 0 amide bonds. The van der Waals surface area contributed by atoms with Gasteiger partial charge < -0.3 is 5.73 Å². The largest absolute Gasteiger partial charge is 0.387 e. The topological polar surface area (TPSA) is 50.7 Å². The summed E-state index contributed by atoms with van der Waals surface area (Å²) < 4.78 is 0. The van der Waals surface area contributed by atoms with E-state index in [1.165, 1.54) is 0 Å². The number of rotatable bonds is 0. The van der Waals surface area contributed by atoms with Crippen molar-refractivity contribution in [3.63, 3.8) is 0 Å². The Balaban J connectivity index is 2.48. The van der Waals surface area contributed by atoms with Crippen LogP contribution >= 0.6 is 0 Å². The number of hydrogen-bond acceptors (Lipinski definition) is 3. The van der Waals surface area contributed by atoms with E-state index in [2.05, 4.69) is 9.98 Å². The monoisotopic (exact) mass is 111 g/mol. The van der Waals surface area contributed by atoms with Crippen LogP contribution in [-0.4, -0.2) is 25.1 Å². The first-order valence-electron chi connectivity index (χ1n) is 2.66. The zero-order valence-electron chi connectivity index (χ0n) is 4.67. The maximum absolute atomic E-state index is 5.40. The number of amidine groups is 1. The lowest BCUT2D eigenvalue weighted by Gasteiger charge is -1.89. The van der Waals surface area contributed by atoms with E-state index in [-0.39, 0.29) is 0 Å². The minimum atomic E-state index is 0.659. The lowest BCUT2D eigenvalue weighted by molar-refractivity contribution is 1.05. The van der Waals surface area contributed by atoms with Crippen LogP contribution in [0.15, 0.2) is 9.98 Å². The average Bonchev–Trinajstić information content (AvgIpc) is 1.94. The third-order valence-corrected chi connectivity index (χ3v) is 1.00. The van der Waals surface area contributed by atoms with Gasteiger partial charge in [-0.2, -0.15) is 0 Å². The summed E-state index contributed by atoms with van der Waals surface area (Å²) in [6.45, 7) is 1.46. The van der Waals surface area contributed by atoms with Gasteiger partial charge in [0.2, 0.25) is 0 Å². The van der Waals surface area contributed by atoms with E-state index >= 15 is 0 Å². The van der Waals surface area contributed by atoms with Crippen LogP contribution < -0.4 is 5.73 Å². The third-order valence-electron chi connectivity index (χ3n) is 1.00. The number of hydrogen-bond donors (Lipinski definition) is 1. The summed E-state index contributed by atoms with van der Waals surface area (Å²) in [6.07, 6.45) is 2.61. The summed E-state index contributed by atoms with van der Waals surface area (Å²) in [6, 6.07) is 0. The molecule has 0 aromatic carbocycles. The lowest BCUT2D eigenvalue weighted by Crippen LogP contribution is -2.11. The summed E-state index contributed by atoms with van der Waals surface area (Å²) in [7, 11) is 0. The van der Waals surface area contributed by atoms with Gasteiger partial charge in [0.15, 0.2) is 0 Å². The van der Waals surface area contributed by atoms with Crippen molar-refractivity contribution in [2.45, 2.75) is 6.42 Å². The molecular weight excluding hydrogens is 102 g/mol. The van der Waals surface area contributed by atoms with Crippen molar-refractivity contribution >= 4 is 12.1 Å². The SMILES string of the molecule is NC1=NCC=NCC1. The minimum absolute atomic E-state index is 0.659. The van der Waals surface area contributed by atoms with Crippen LogP contribution in [0, 0.1) is 0 Å². The quantitative estimate of drug-likeness (QED) is 0.463. The van der Waals surface area contributed by atoms with E-state index in [1.54, 1.807) is 6.21 Å². The average molecular weight is 111 g/mol. The van der Waals surface area contributed by atoms with Gasteiger partial charge in [0.05, 0.1) is 12.4 Å². The van der Waals surface area contributed by atoms with Crippen molar-refractivity contribution in [1.82, 2.24) is 0 Å². The molecule has 0 radical (unpaired) electrons. The highest BCUT2D eigenvalue weighted by molar-refractivity contribution is 5.83. The first kappa shape index (κ1) is 5.28. The predicted octanol–water partition coefficient (Wildman–Crippen LogP) is -0.182. The molecule has 0 fully saturated rings. The van der Waals surface area contributed by atoms with Crippen molar-refractivity contribution in [2.75, 3.05) is 13.1 Å². The van der Waals surface area contributed by atoms with Gasteiger partial charge in [0.1, 0.15) is 0 Å². The first-order valence-corrected chi connectivity index (χ1v) is 2.66. The van der Waals surface area contributed by atoms with Crippen molar-refractivity contribution in [3.8, 4) is 0 Å². The van der Waals surface area contributed by atoms with E-state index in [4.69, 9.17) is 5.73 Å². The number of aliphatic imine (C=N–C) groups is 2. The van der Waals surface area contributed by atoms with Gasteiger partial charge in [-0.25, -0.2) is 0 Å². The first-order chi connectivity index (χ1) is 3.89. The highest BCUT2D eigenvalue weighted by atomic mass is 14.9. The molecule has 0 aromatic rings. The van der Waals surface area contributed by atoms with Crippen molar-refractivity contribution < 1.29 is 0 Å². The molecule has 2 N–H and O–H groups in total. The standard InChI is InChI=1S/C5H9N3/c6-5-1-2-7-3-4-8-5/h3H,1-2,4H2,(H2,6,8). The zero-order valence-corrected chi connectivity index (χ0v) is 4.67. The second-order valence-electron chi connectivity index (χ2n) is 1.67. The molecular formula is C5H9N3. The summed E-state index contributed by atoms with van der Waals surface area (Å²) in [4.78, 5) is 7.97. The molecule has 0 atom stereocenters. The highest BCUT2D eigenvalue weighted by Gasteiger charge is 1.91. The molecule has 3 heteroatoms. The van der Waals surface area contributed by atoms with Gasteiger partial charge >= 0.3 is 0 Å². The van der Waals surface area contributed by atoms with Gasteiger partial charge in [-0.05, 0) is 0 Å². The molecule has 0 aliphatic carbocycles. The second kappa shape index (κ2) is 2.45. The molecule has 0 unspecified atom stereocenters. The number of nitrogens with zero attached hydrogens (tertiary/aromatic N) is 2. The van der Waals surface area contributed by atoms with Gasteiger partial charge in [0, 0.05) is 19.2 Å². The molecule has 1 rings (SSSR count). The van der Waals surface area contributed by atoms with Crippen LogP contribution in [0.1, 0.15) is 6.42 Å². The van der Waals surface area contributed by atoms with Crippen LogP contribution in [0.5, 0.6) is 0 Å². The second-order valence-corrected chi connectivity index (χ2v) is 1.67. The molecule has 0 saturated carbocycles. The lowest BCUT2D eigenvalue weighted by atomic mass is 10.4. The highest BCUT2D eigenvalue weighted by Crippen LogP contribution is 1.85. The van der Waals surface area contributed by atoms with Crippen molar-refractivity contribution in [2.24, 2.45) is 15.7 Å². The van der Waals surface area contributed by atoms with E-state index in [0.29, 0.717) is 6.54 Å². The smallest absolute Gasteiger partial charge is 0.0960 e. The maximum Gasteiger partial charge on any atom is 0.0960 e. The molecule has 44 valence electrons. The Morgan fingerprint density at radius 1 is 1.62 bits per heavy atom. The van der Waals surface area contributed by atoms with E-state index in [1.807, 2.05) is 0 Å². The summed E-state index contributed by atoms with van der Waals surface area (Å²) in [5.74, 6) is 0.725. The zero-order chi connectivity index (χ0) is 5.82. The molecule has 1 heterocycles. The third kappa shape index (κ3) is 1.33. The van der Waals surface area contributed by atoms with Crippen LogP contribution in [0.2, 0.25) is 0 Å². The van der Waals surface area contributed by atoms with E-state index < -0.39 is 0 Å². The fraction of sp³-hybridized carbons (Fsp3) is 0.600. The fourth-order valence-corrected chi connectivity index (χ4v) is 0.565. The fourth-order valence-electron chi connectivity index (χ4n) is 0.565. The minimum Gasteiger partial charge on any atom is -0.387 e. The van der Waals surface area contributed by atoms with Crippen LogP contribution in [0.3, 0.4) is 0 Å². The molecule has 3 nitrogen and oxygen atoms in total. The van der Waals surface area contributed by atoms with Crippen molar-refractivity contribution in [1.29, 1.82) is 0 Å². The maximum atomic E-state index is 5.40. The molecule has 0 spiro atoms. The summed E-state index contributed by atoms with van der Waals surface area (Å²) in [5.41, 5.74) is 5.40. The van der Waals surface area contributed by atoms with E-state index in [9.17, 15) is 0 Å². The summed E-state index contributed by atoms with van der Waals surface area (Å²) >= 11 is 0. The molecule has 0 saturated heterocycles. The molecule has 8 heavy (non-hydrogen) atoms. The van der Waals surface area contributed by atoms with Crippen molar-refractivity contribution in [3.05, 3.63) is 0 Å². The van der Waals surface area contributed by atoms with Crippen LogP contribution in [-0.2, 0) is 0 Å². The van der Waals surface area contributed by atoms with Crippen LogP contribution in [0.25, 0.3) is 0 Å². The molecule has 0 aromatic heterocycles. The van der Waals surface area contributed by atoms with Crippen LogP contribution in [0.4, 0.5) is 0 Å². The normalized spacial score (nSPS) is 19.8. The molecule has 1 aliphatic heterocycles. The predicted molar refractivity (Wildman–Crippen MR) is 34.5 cm³/mol. The van der Waals surface area contributed by atoms with Gasteiger partial charge in [0.25, 0.3) is 0 Å². The van der Waals surface area contributed by atoms with Gasteiger partial charge in [-0.3, -0.25) is 9.98 Å². The Kier molecular flexibility index (Phi) is 1.62. The molecule has 0 bridgehead atoms. The Hall–Kier alpha value is -0.860.